The number of benzene rings is 1. The molecule has 0 aliphatic carbocycles. The van der Waals surface area contributed by atoms with Gasteiger partial charge in [-0.25, -0.2) is 0 Å². The first-order valence-corrected chi connectivity index (χ1v) is 8.54. The van der Waals surface area contributed by atoms with Gasteiger partial charge < -0.3 is 5.11 Å². The standard InChI is InChI=1S/C15H20OS2/c1-12(11-18-14-5-3-2-4-6-14)15(16)13-7-9-17-10-8-13/h2-7,12,15-16H,8-11H2,1H3/t12-,15-/m1/s1. The number of hydrogen-bond acceptors (Lipinski definition) is 3. The number of aliphatic hydroxyl groups excluding tert-OH is 1. The molecule has 1 heterocycles. The van der Waals surface area contributed by atoms with Crippen molar-refractivity contribution < 1.29 is 5.11 Å². The average Bonchev–Trinajstić information content (AvgIpc) is 2.46. The third-order valence-corrected chi connectivity index (χ3v) is 5.37. The van der Waals surface area contributed by atoms with Crippen molar-refractivity contribution >= 4 is 23.5 Å². The number of thioether (sulfide) groups is 2. The van der Waals surface area contributed by atoms with Crippen LogP contribution in [0.2, 0.25) is 0 Å². The normalized spacial score (nSPS) is 19.1. The Kier molecular flexibility index (Phi) is 5.67. The topological polar surface area (TPSA) is 20.2 Å². The lowest BCUT2D eigenvalue weighted by Gasteiger charge is -2.23. The summed E-state index contributed by atoms with van der Waals surface area (Å²) in [7, 11) is 0. The van der Waals surface area contributed by atoms with E-state index < -0.39 is 0 Å². The minimum absolute atomic E-state index is 0.262. The van der Waals surface area contributed by atoms with E-state index in [9.17, 15) is 5.11 Å². The molecular weight excluding hydrogens is 260 g/mol. The van der Waals surface area contributed by atoms with Gasteiger partial charge in [0.25, 0.3) is 0 Å². The number of hydrogen-bond donors (Lipinski definition) is 1. The number of aliphatic hydroxyl groups is 1. The van der Waals surface area contributed by atoms with Crippen LogP contribution in [0.1, 0.15) is 13.3 Å². The van der Waals surface area contributed by atoms with Gasteiger partial charge in [-0.2, -0.15) is 11.8 Å². The largest absolute Gasteiger partial charge is 0.388 e. The van der Waals surface area contributed by atoms with Crippen LogP contribution in [0.4, 0.5) is 0 Å². The van der Waals surface area contributed by atoms with Gasteiger partial charge in [0.05, 0.1) is 6.10 Å². The lowest BCUT2D eigenvalue weighted by Crippen LogP contribution is -2.23. The predicted molar refractivity (Wildman–Crippen MR) is 82.4 cm³/mol. The van der Waals surface area contributed by atoms with E-state index in [1.165, 1.54) is 10.5 Å². The SMILES string of the molecule is C[C@H](CSc1ccccc1)[C@@H](O)C1=CCSCC1. The molecule has 1 aliphatic heterocycles. The van der Waals surface area contributed by atoms with E-state index in [1.54, 1.807) is 0 Å². The Bertz CT molecular complexity index is 389. The van der Waals surface area contributed by atoms with Crippen LogP contribution in [0.5, 0.6) is 0 Å². The van der Waals surface area contributed by atoms with Gasteiger partial charge >= 0.3 is 0 Å². The first kappa shape index (κ1) is 14.0. The Hall–Kier alpha value is -0.380. The van der Waals surface area contributed by atoms with Crippen LogP contribution < -0.4 is 0 Å². The Labute approximate surface area is 118 Å². The molecule has 0 aromatic heterocycles. The molecule has 0 radical (unpaired) electrons. The summed E-state index contributed by atoms with van der Waals surface area (Å²) in [6, 6.07) is 10.4. The van der Waals surface area contributed by atoms with E-state index in [2.05, 4.69) is 37.3 Å². The van der Waals surface area contributed by atoms with E-state index in [0.717, 1.165) is 23.7 Å². The zero-order valence-corrected chi connectivity index (χ0v) is 12.3. The summed E-state index contributed by atoms with van der Waals surface area (Å²) in [6.07, 6.45) is 3.00. The third kappa shape index (κ3) is 4.08. The fourth-order valence-corrected chi connectivity index (χ4v) is 3.88. The van der Waals surface area contributed by atoms with Crippen LogP contribution in [0.15, 0.2) is 46.9 Å². The van der Waals surface area contributed by atoms with Gasteiger partial charge in [-0.3, -0.25) is 0 Å². The van der Waals surface area contributed by atoms with Crippen LogP contribution in [0, 0.1) is 5.92 Å². The highest BCUT2D eigenvalue weighted by Gasteiger charge is 2.20. The van der Waals surface area contributed by atoms with Gasteiger partial charge in [-0.1, -0.05) is 31.2 Å². The summed E-state index contributed by atoms with van der Waals surface area (Å²) in [6.45, 7) is 2.14. The van der Waals surface area contributed by atoms with Crippen molar-refractivity contribution in [2.24, 2.45) is 5.92 Å². The van der Waals surface area contributed by atoms with Gasteiger partial charge in [0.2, 0.25) is 0 Å². The molecule has 0 saturated heterocycles. The molecule has 1 nitrogen and oxygen atoms in total. The Morgan fingerprint density at radius 3 is 2.78 bits per heavy atom. The summed E-state index contributed by atoms with van der Waals surface area (Å²) in [4.78, 5) is 1.28. The minimum Gasteiger partial charge on any atom is -0.388 e. The van der Waals surface area contributed by atoms with E-state index >= 15 is 0 Å². The Balaban J connectivity index is 1.84. The molecular formula is C15H20OS2. The van der Waals surface area contributed by atoms with E-state index in [0.29, 0.717) is 5.92 Å². The first-order chi connectivity index (χ1) is 8.77. The quantitative estimate of drug-likeness (QED) is 0.654. The molecule has 0 amide bonds. The lowest BCUT2D eigenvalue weighted by molar-refractivity contribution is 0.159. The Morgan fingerprint density at radius 2 is 2.11 bits per heavy atom. The summed E-state index contributed by atoms with van der Waals surface area (Å²) in [5, 5.41) is 10.3. The van der Waals surface area contributed by atoms with Gasteiger partial charge in [0, 0.05) is 16.4 Å². The van der Waals surface area contributed by atoms with Crippen LogP contribution in [-0.4, -0.2) is 28.5 Å². The minimum atomic E-state index is -0.262. The van der Waals surface area contributed by atoms with Crippen molar-refractivity contribution in [2.45, 2.75) is 24.3 Å². The number of rotatable bonds is 5. The average molecular weight is 280 g/mol. The van der Waals surface area contributed by atoms with Crippen LogP contribution in [-0.2, 0) is 0 Å². The lowest BCUT2D eigenvalue weighted by atomic mass is 9.97. The first-order valence-electron chi connectivity index (χ1n) is 6.40. The molecule has 0 saturated carbocycles. The van der Waals surface area contributed by atoms with Gasteiger partial charge in [0.1, 0.15) is 0 Å². The second-order valence-electron chi connectivity index (χ2n) is 4.65. The summed E-state index contributed by atoms with van der Waals surface area (Å²) >= 11 is 3.77. The highest BCUT2D eigenvalue weighted by Crippen LogP contribution is 2.27. The molecule has 1 aromatic rings. The van der Waals surface area contributed by atoms with Crippen molar-refractivity contribution in [2.75, 3.05) is 17.3 Å². The fourth-order valence-electron chi connectivity index (χ4n) is 2.01. The highest BCUT2D eigenvalue weighted by molar-refractivity contribution is 7.99. The summed E-state index contributed by atoms with van der Waals surface area (Å²) in [5.74, 6) is 3.49. The zero-order valence-electron chi connectivity index (χ0n) is 10.7. The maximum absolute atomic E-state index is 10.3. The fraction of sp³-hybridized carbons (Fsp3) is 0.467. The molecule has 18 heavy (non-hydrogen) atoms. The van der Waals surface area contributed by atoms with Crippen molar-refractivity contribution in [1.29, 1.82) is 0 Å². The van der Waals surface area contributed by atoms with Crippen molar-refractivity contribution in [3.05, 3.63) is 42.0 Å². The zero-order chi connectivity index (χ0) is 12.8. The van der Waals surface area contributed by atoms with Crippen LogP contribution >= 0.6 is 23.5 Å². The smallest absolute Gasteiger partial charge is 0.0784 e. The second-order valence-corrected chi connectivity index (χ2v) is 6.89. The van der Waals surface area contributed by atoms with Crippen LogP contribution in [0.3, 0.4) is 0 Å². The molecule has 3 heteroatoms. The molecule has 2 rings (SSSR count). The van der Waals surface area contributed by atoms with Crippen molar-refractivity contribution in [3.63, 3.8) is 0 Å². The maximum Gasteiger partial charge on any atom is 0.0784 e. The van der Waals surface area contributed by atoms with E-state index in [1.807, 2.05) is 29.6 Å². The molecule has 1 aliphatic rings. The second kappa shape index (κ2) is 7.27. The molecule has 0 bridgehead atoms. The van der Waals surface area contributed by atoms with Crippen LogP contribution in [0.25, 0.3) is 0 Å². The third-order valence-electron chi connectivity index (χ3n) is 3.17. The molecule has 98 valence electrons. The predicted octanol–water partition coefficient (Wildman–Crippen LogP) is 3.84. The monoisotopic (exact) mass is 280 g/mol. The van der Waals surface area contributed by atoms with Gasteiger partial charge in [-0.15, -0.1) is 11.8 Å². The molecule has 2 atom stereocenters. The van der Waals surface area contributed by atoms with Crippen molar-refractivity contribution in [1.82, 2.24) is 0 Å². The highest BCUT2D eigenvalue weighted by atomic mass is 32.2. The van der Waals surface area contributed by atoms with Gasteiger partial charge in [-0.05, 0) is 35.8 Å². The van der Waals surface area contributed by atoms with Crippen molar-refractivity contribution in [3.8, 4) is 0 Å². The molecule has 0 unspecified atom stereocenters. The van der Waals surface area contributed by atoms with Gasteiger partial charge in [0.15, 0.2) is 0 Å². The van der Waals surface area contributed by atoms with E-state index in [-0.39, 0.29) is 6.10 Å². The molecule has 1 aromatic carbocycles. The summed E-state index contributed by atoms with van der Waals surface area (Å²) in [5.41, 5.74) is 1.25. The maximum atomic E-state index is 10.3. The molecule has 0 fully saturated rings. The summed E-state index contributed by atoms with van der Waals surface area (Å²) < 4.78 is 0. The van der Waals surface area contributed by atoms with E-state index in [4.69, 9.17) is 0 Å². The Morgan fingerprint density at radius 1 is 1.33 bits per heavy atom. The molecule has 0 spiro atoms. The molecule has 1 N–H and O–H groups in total.